The van der Waals surface area contributed by atoms with E-state index in [1.165, 1.54) is 0 Å². The van der Waals surface area contributed by atoms with Crippen molar-refractivity contribution in [3.05, 3.63) is 35.4 Å². The first kappa shape index (κ1) is 8.65. The van der Waals surface area contributed by atoms with E-state index in [0.717, 1.165) is 18.1 Å². The molecule has 0 aliphatic carbocycles. The van der Waals surface area contributed by atoms with Crippen molar-refractivity contribution in [2.45, 2.75) is 12.8 Å². The highest BCUT2D eigenvalue weighted by Crippen LogP contribution is 2.12. The van der Waals surface area contributed by atoms with E-state index >= 15 is 0 Å². The zero-order valence-electron chi connectivity index (χ0n) is 6.86. The molecule has 1 rings (SSSR count). The molecule has 0 N–H and O–H groups in total. The fourth-order valence-corrected chi connectivity index (χ4v) is 0.957. The molecule has 1 aromatic carbocycles. The van der Waals surface area contributed by atoms with Crippen molar-refractivity contribution in [1.29, 1.82) is 0 Å². The summed E-state index contributed by atoms with van der Waals surface area (Å²) in [6, 6.07) is 7.01. The molecule has 0 saturated carbocycles. The van der Waals surface area contributed by atoms with Crippen molar-refractivity contribution in [1.82, 2.24) is 0 Å². The number of hydrogen-bond acceptors (Lipinski definition) is 2. The van der Waals surface area contributed by atoms with Gasteiger partial charge in [-0.05, 0) is 5.56 Å². The van der Waals surface area contributed by atoms with Crippen LogP contribution in [0.4, 0.5) is 0 Å². The fraction of sp³-hybridized carbons (Fsp3) is 0.200. The lowest BCUT2D eigenvalue weighted by molar-refractivity contribution is -0.108. The summed E-state index contributed by atoms with van der Waals surface area (Å²) in [5.74, 6) is -0.0919. The summed E-state index contributed by atoms with van der Waals surface area (Å²) < 4.78 is 0. The van der Waals surface area contributed by atoms with Gasteiger partial charge in [-0.25, -0.2) is 0 Å². The quantitative estimate of drug-likeness (QED) is 0.635. The van der Waals surface area contributed by atoms with E-state index in [1.807, 2.05) is 6.92 Å². The number of carbonyl (C=O) groups is 2. The van der Waals surface area contributed by atoms with Gasteiger partial charge in [0, 0.05) is 11.5 Å². The number of rotatable bonds is 3. The van der Waals surface area contributed by atoms with Crippen molar-refractivity contribution < 1.29 is 9.59 Å². The summed E-state index contributed by atoms with van der Waals surface area (Å²) in [6.07, 6.45) is 1.67. The van der Waals surface area contributed by atoms with Crippen LogP contribution in [-0.4, -0.2) is 12.6 Å². The number of benzene rings is 1. The maximum Gasteiger partial charge on any atom is 0.150 e. The summed E-state index contributed by atoms with van der Waals surface area (Å²) in [5, 5.41) is 0. The first-order valence-corrected chi connectivity index (χ1v) is 3.78. The lowest BCUT2D eigenvalue weighted by Gasteiger charge is -2.02. The molecule has 0 aliphatic heterocycles. The van der Waals surface area contributed by atoms with Gasteiger partial charge in [0.2, 0.25) is 0 Å². The largest absolute Gasteiger partial charge is 0.303 e. The Morgan fingerprint density at radius 2 is 1.75 bits per heavy atom. The molecule has 1 atom stereocenters. The Balaban J connectivity index is 2.91. The summed E-state index contributed by atoms with van der Waals surface area (Å²) in [4.78, 5) is 20.7. The molecule has 0 spiro atoms. The van der Waals surface area contributed by atoms with Gasteiger partial charge in [-0.15, -0.1) is 0 Å². The van der Waals surface area contributed by atoms with Gasteiger partial charge >= 0.3 is 0 Å². The van der Waals surface area contributed by atoms with Crippen LogP contribution in [0.2, 0.25) is 0 Å². The highest BCUT2D eigenvalue weighted by Gasteiger charge is 2.01. The third-order valence-corrected chi connectivity index (χ3v) is 1.80. The second-order valence-corrected chi connectivity index (χ2v) is 2.71. The fourth-order valence-electron chi connectivity index (χ4n) is 0.957. The van der Waals surface area contributed by atoms with Crippen molar-refractivity contribution in [2.75, 3.05) is 0 Å². The third-order valence-electron chi connectivity index (χ3n) is 1.80. The van der Waals surface area contributed by atoms with Crippen LogP contribution in [0, 0.1) is 0 Å². The molecular formula is C10H10O2. The van der Waals surface area contributed by atoms with Crippen LogP contribution in [0.1, 0.15) is 28.8 Å². The Kier molecular flexibility index (Phi) is 2.75. The predicted octanol–water partition coefficient (Wildman–Crippen LogP) is 1.80. The highest BCUT2D eigenvalue weighted by molar-refractivity contribution is 5.75. The molecule has 0 fully saturated rings. The molecule has 0 aromatic heterocycles. The molecule has 0 radical (unpaired) electrons. The Bertz CT molecular complexity index is 274. The van der Waals surface area contributed by atoms with Gasteiger partial charge in [0.1, 0.15) is 12.6 Å². The summed E-state index contributed by atoms with van der Waals surface area (Å²) in [7, 11) is 0. The maximum atomic E-state index is 10.4. The van der Waals surface area contributed by atoms with Crippen molar-refractivity contribution >= 4 is 12.6 Å². The van der Waals surface area contributed by atoms with Gasteiger partial charge < -0.3 is 4.79 Å². The molecule has 1 aromatic rings. The van der Waals surface area contributed by atoms with Crippen LogP contribution in [0.5, 0.6) is 0 Å². The number of carbonyl (C=O) groups excluding carboxylic acids is 2. The molecule has 2 heteroatoms. The molecular weight excluding hydrogens is 152 g/mol. The zero-order valence-corrected chi connectivity index (χ0v) is 6.86. The number of aldehydes is 2. The van der Waals surface area contributed by atoms with Crippen molar-refractivity contribution in [2.24, 2.45) is 0 Å². The minimum Gasteiger partial charge on any atom is -0.303 e. The van der Waals surface area contributed by atoms with Crippen molar-refractivity contribution in [3.63, 3.8) is 0 Å². The first-order chi connectivity index (χ1) is 5.77. The average molecular weight is 162 g/mol. The van der Waals surface area contributed by atoms with Crippen LogP contribution < -0.4 is 0 Å². The van der Waals surface area contributed by atoms with E-state index in [1.54, 1.807) is 24.3 Å². The topological polar surface area (TPSA) is 34.1 Å². The molecule has 62 valence electrons. The lowest BCUT2D eigenvalue weighted by atomic mass is 10.0. The van der Waals surface area contributed by atoms with Gasteiger partial charge in [-0.1, -0.05) is 31.2 Å². The van der Waals surface area contributed by atoms with Gasteiger partial charge in [0.05, 0.1) is 0 Å². The molecule has 0 amide bonds. The zero-order chi connectivity index (χ0) is 8.97. The normalized spacial score (nSPS) is 12.1. The van der Waals surface area contributed by atoms with E-state index in [0.29, 0.717) is 5.56 Å². The molecule has 0 heterocycles. The molecule has 0 aliphatic rings. The van der Waals surface area contributed by atoms with E-state index in [9.17, 15) is 9.59 Å². The van der Waals surface area contributed by atoms with Gasteiger partial charge in [-0.3, -0.25) is 4.79 Å². The van der Waals surface area contributed by atoms with E-state index in [2.05, 4.69) is 0 Å². The highest BCUT2D eigenvalue weighted by atomic mass is 16.1. The summed E-state index contributed by atoms with van der Waals surface area (Å²) in [6.45, 7) is 1.82. The molecule has 2 nitrogen and oxygen atoms in total. The first-order valence-electron chi connectivity index (χ1n) is 3.78. The van der Waals surface area contributed by atoms with Crippen LogP contribution in [0.25, 0.3) is 0 Å². The Morgan fingerprint density at radius 3 is 2.17 bits per heavy atom. The van der Waals surface area contributed by atoms with E-state index < -0.39 is 0 Å². The van der Waals surface area contributed by atoms with Crippen molar-refractivity contribution in [3.8, 4) is 0 Å². The molecule has 0 bridgehead atoms. The summed E-state index contributed by atoms with van der Waals surface area (Å²) >= 11 is 0. The van der Waals surface area contributed by atoms with Crippen LogP contribution in [-0.2, 0) is 4.79 Å². The molecule has 1 unspecified atom stereocenters. The van der Waals surface area contributed by atoms with Gasteiger partial charge in [0.25, 0.3) is 0 Å². The number of hydrogen-bond donors (Lipinski definition) is 0. The van der Waals surface area contributed by atoms with Crippen LogP contribution in [0.15, 0.2) is 24.3 Å². The smallest absolute Gasteiger partial charge is 0.150 e. The Labute approximate surface area is 71.2 Å². The predicted molar refractivity (Wildman–Crippen MR) is 46.3 cm³/mol. The molecule has 12 heavy (non-hydrogen) atoms. The average Bonchev–Trinajstić information content (AvgIpc) is 2.17. The minimum absolute atomic E-state index is 0.0919. The molecule has 0 saturated heterocycles. The standard InChI is InChI=1S/C10H10O2/c1-8(6-11)10-4-2-9(7-12)3-5-10/h2-8H,1H3. The minimum atomic E-state index is -0.0919. The van der Waals surface area contributed by atoms with E-state index in [4.69, 9.17) is 0 Å². The Hall–Kier alpha value is -1.44. The van der Waals surface area contributed by atoms with Gasteiger partial charge in [0.15, 0.2) is 0 Å². The lowest BCUT2D eigenvalue weighted by Crippen LogP contribution is -1.93. The van der Waals surface area contributed by atoms with Crippen LogP contribution >= 0.6 is 0 Å². The van der Waals surface area contributed by atoms with Crippen LogP contribution in [0.3, 0.4) is 0 Å². The maximum absolute atomic E-state index is 10.4. The monoisotopic (exact) mass is 162 g/mol. The SMILES string of the molecule is CC(C=O)c1ccc(C=O)cc1. The summed E-state index contributed by atoms with van der Waals surface area (Å²) in [5.41, 5.74) is 1.58. The second-order valence-electron chi connectivity index (χ2n) is 2.71. The van der Waals surface area contributed by atoms with Gasteiger partial charge in [-0.2, -0.15) is 0 Å². The van der Waals surface area contributed by atoms with E-state index in [-0.39, 0.29) is 5.92 Å². The second kappa shape index (κ2) is 3.81. The third kappa shape index (κ3) is 1.78. The Morgan fingerprint density at radius 1 is 1.17 bits per heavy atom.